The normalized spacial score (nSPS) is 35.5. The number of carbonyl (C=O) groups excluding carboxylic acids is 1. The van der Waals surface area contributed by atoms with Crippen molar-refractivity contribution in [2.45, 2.75) is 49.8 Å². The summed E-state index contributed by atoms with van der Waals surface area (Å²) in [5, 5.41) is 12.7. The Labute approximate surface area is 131 Å². The summed E-state index contributed by atoms with van der Waals surface area (Å²) in [4.78, 5) is 12.1. The van der Waals surface area contributed by atoms with Crippen molar-refractivity contribution in [2.75, 3.05) is 23.9 Å². The first kappa shape index (κ1) is 17.1. The van der Waals surface area contributed by atoms with Crippen LogP contribution in [-0.2, 0) is 14.6 Å². The van der Waals surface area contributed by atoms with Crippen LogP contribution < -0.4 is 5.32 Å². The molecule has 1 amide bonds. The fourth-order valence-electron chi connectivity index (χ4n) is 3.06. The van der Waals surface area contributed by atoms with Crippen molar-refractivity contribution < 1.29 is 18.3 Å². The van der Waals surface area contributed by atoms with E-state index in [1.807, 2.05) is 0 Å². The molecule has 1 heterocycles. The SMILES string of the molecule is CC1CCC(CO)(NC(=O)CSC2CCS(=O)(=O)C2)CC1. The summed E-state index contributed by atoms with van der Waals surface area (Å²) in [6.45, 7) is 2.17. The molecule has 2 rings (SSSR count). The van der Waals surface area contributed by atoms with Crippen molar-refractivity contribution >= 4 is 27.5 Å². The van der Waals surface area contributed by atoms with Gasteiger partial charge in [-0.25, -0.2) is 8.42 Å². The van der Waals surface area contributed by atoms with E-state index in [-0.39, 0.29) is 35.0 Å². The second kappa shape index (κ2) is 6.87. The first-order valence-corrected chi connectivity index (χ1v) is 10.5. The maximum atomic E-state index is 12.1. The maximum absolute atomic E-state index is 12.1. The summed E-state index contributed by atoms with van der Waals surface area (Å²) in [6.07, 6.45) is 4.32. The molecule has 0 aromatic heterocycles. The number of aliphatic hydroxyl groups excluding tert-OH is 1. The number of hydrogen-bond donors (Lipinski definition) is 2. The average molecular weight is 335 g/mol. The summed E-state index contributed by atoms with van der Waals surface area (Å²) in [7, 11) is -2.89. The number of sulfone groups is 1. The number of aliphatic hydroxyl groups is 1. The lowest BCUT2D eigenvalue weighted by molar-refractivity contribution is -0.121. The van der Waals surface area contributed by atoms with Gasteiger partial charge < -0.3 is 10.4 Å². The molecule has 1 saturated heterocycles. The molecule has 0 aromatic rings. The molecule has 122 valence electrons. The standard InChI is InChI=1S/C14H25NO4S2/c1-11-2-5-14(10-16,6-3-11)15-13(17)8-20-12-4-7-21(18,19)9-12/h11-12,16H,2-10H2,1H3,(H,15,17). The molecule has 1 saturated carbocycles. The third-order valence-electron chi connectivity index (χ3n) is 4.58. The summed E-state index contributed by atoms with van der Waals surface area (Å²) in [5.41, 5.74) is -0.466. The highest BCUT2D eigenvalue weighted by Crippen LogP contribution is 2.32. The first-order chi connectivity index (χ1) is 9.84. The van der Waals surface area contributed by atoms with Gasteiger partial charge in [-0.1, -0.05) is 6.92 Å². The minimum atomic E-state index is -2.89. The zero-order chi connectivity index (χ0) is 15.5. The summed E-state index contributed by atoms with van der Waals surface area (Å²) in [5.74, 6) is 1.27. The third-order valence-corrected chi connectivity index (χ3v) is 7.86. The molecule has 0 bridgehead atoms. The van der Waals surface area contributed by atoms with Crippen LogP contribution in [0.4, 0.5) is 0 Å². The Hall–Kier alpha value is -0.270. The smallest absolute Gasteiger partial charge is 0.230 e. The van der Waals surface area contributed by atoms with Crippen molar-refractivity contribution in [1.82, 2.24) is 5.32 Å². The van der Waals surface area contributed by atoms with Crippen LogP contribution in [-0.4, -0.2) is 54.1 Å². The highest BCUT2D eigenvalue weighted by atomic mass is 32.2. The van der Waals surface area contributed by atoms with Gasteiger partial charge in [0, 0.05) is 5.25 Å². The van der Waals surface area contributed by atoms with E-state index >= 15 is 0 Å². The molecule has 21 heavy (non-hydrogen) atoms. The Balaban J connectivity index is 1.78. The number of rotatable bonds is 5. The number of thioether (sulfide) groups is 1. The second-order valence-electron chi connectivity index (χ2n) is 6.51. The van der Waals surface area contributed by atoms with E-state index in [2.05, 4.69) is 12.2 Å². The van der Waals surface area contributed by atoms with Crippen LogP contribution in [0.3, 0.4) is 0 Å². The molecule has 0 radical (unpaired) electrons. The summed E-state index contributed by atoms with van der Waals surface area (Å²) in [6, 6.07) is 0. The molecule has 0 aromatic carbocycles. The van der Waals surface area contributed by atoms with Crippen molar-refractivity contribution in [3.05, 3.63) is 0 Å². The van der Waals surface area contributed by atoms with Crippen LogP contribution in [0.5, 0.6) is 0 Å². The first-order valence-electron chi connectivity index (χ1n) is 7.58. The lowest BCUT2D eigenvalue weighted by atomic mass is 9.77. The lowest BCUT2D eigenvalue weighted by Gasteiger charge is -2.38. The summed E-state index contributed by atoms with van der Waals surface area (Å²) >= 11 is 1.42. The second-order valence-corrected chi connectivity index (χ2v) is 10.0. The van der Waals surface area contributed by atoms with Gasteiger partial charge in [0.2, 0.25) is 5.91 Å². The van der Waals surface area contributed by atoms with E-state index in [0.717, 1.165) is 25.7 Å². The molecule has 2 aliphatic rings. The number of carbonyl (C=O) groups is 1. The van der Waals surface area contributed by atoms with Crippen LogP contribution in [0.15, 0.2) is 0 Å². The highest BCUT2D eigenvalue weighted by Gasteiger charge is 2.35. The monoisotopic (exact) mass is 335 g/mol. The zero-order valence-corrected chi connectivity index (χ0v) is 14.1. The van der Waals surface area contributed by atoms with E-state index in [9.17, 15) is 18.3 Å². The topological polar surface area (TPSA) is 83.5 Å². The maximum Gasteiger partial charge on any atom is 0.230 e. The Morgan fingerprint density at radius 3 is 2.52 bits per heavy atom. The average Bonchev–Trinajstić information content (AvgIpc) is 2.79. The van der Waals surface area contributed by atoms with Gasteiger partial charge in [0.1, 0.15) is 0 Å². The Morgan fingerprint density at radius 2 is 2.00 bits per heavy atom. The quantitative estimate of drug-likeness (QED) is 0.782. The molecule has 2 fully saturated rings. The predicted octanol–water partition coefficient (Wildman–Crippen LogP) is 0.964. The molecule has 1 unspecified atom stereocenters. The largest absolute Gasteiger partial charge is 0.394 e. The van der Waals surface area contributed by atoms with E-state index in [0.29, 0.717) is 12.3 Å². The predicted molar refractivity (Wildman–Crippen MR) is 85.1 cm³/mol. The van der Waals surface area contributed by atoms with Crippen LogP contribution in [0, 0.1) is 5.92 Å². The van der Waals surface area contributed by atoms with Gasteiger partial charge in [0.25, 0.3) is 0 Å². The molecular weight excluding hydrogens is 310 g/mol. The van der Waals surface area contributed by atoms with Crippen LogP contribution in [0.2, 0.25) is 0 Å². The number of nitrogens with one attached hydrogen (secondary N) is 1. The van der Waals surface area contributed by atoms with Gasteiger partial charge in [-0.2, -0.15) is 0 Å². The van der Waals surface area contributed by atoms with Gasteiger partial charge in [0.05, 0.1) is 29.4 Å². The van der Waals surface area contributed by atoms with Gasteiger partial charge in [-0.15, -0.1) is 11.8 Å². The molecule has 7 heteroatoms. The van der Waals surface area contributed by atoms with Crippen molar-refractivity contribution in [1.29, 1.82) is 0 Å². The van der Waals surface area contributed by atoms with E-state index in [4.69, 9.17) is 0 Å². The minimum Gasteiger partial charge on any atom is -0.394 e. The fraction of sp³-hybridized carbons (Fsp3) is 0.929. The van der Waals surface area contributed by atoms with E-state index < -0.39 is 15.4 Å². The zero-order valence-electron chi connectivity index (χ0n) is 12.5. The molecule has 2 N–H and O–H groups in total. The van der Waals surface area contributed by atoms with E-state index in [1.54, 1.807) is 0 Å². The molecule has 5 nitrogen and oxygen atoms in total. The van der Waals surface area contributed by atoms with E-state index in [1.165, 1.54) is 11.8 Å². The Kier molecular flexibility index (Phi) is 5.59. The summed E-state index contributed by atoms with van der Waals surface area (Å²) < 4.78 is 22.8. The van der Waals surface area contributed by atoms with Gasteiger partial charge in [-0.05, 0) is 38.0 Å². The fourth-order valence-corrected chi connectivity index (χ4v) is 6.50. The Morgan fingerprint density at radius 1 is 1.33 bits per heavy atom. The Bertz CT molecular complexity index is 469. The van der Waals surface area contributed by atoms with Gasteiger partial charge >= 0.3 is 0 Å². The van der Waals surface area contributed by atoms with Crippen LogP contribution >= 0.6 is 11.8 Å². The minimum absolute atomic E-state index is 0.0199. The molecule has 1 aliphatic carbocycles. The van der Waals surface area contributed by atoms with Gasteiger partial charge in [0.15, 0.2) is 9.84 Å². The van der Waals surface area contributed by atoms with Crippen LogP contribution in [0.25, 0.3) is 0 Å². The molecule has 1 atom stereocenters. The molecule has 1 aliphatic heterocycles. The lowest BCUT2D eigenvalue weighted by Crippen LogP contribution is -2.53. The highest BCUT2D eigenvalue weighted by molar-refractivity contribution is 8.02. The van der Waals surface area contributed by atoms with Gasteiger partial charge in [-0.3, -0.25) is 4.79 Å². The number of hydrogen-bond acceptors (Lipinski definition) is 5. The molecular formula is C14H25NO4S2. The van der Waals surface area contributed by atoms with Crippen molar-refractivity contribution in [3.63, 3.8) is 0 Å². The third kappa shape index (κ3) is 4.86. The number of amides is 1. The van der Waals surface area contributed by atoms with Crippen LogP contribution in [0.1, 0.15) is 39.0 Å². The van der Waals surface area contributed by atoms with Crippen molar-refractivity contribution in [2.24, 2.45) is 5.92 Å². The van der Waals surface area contributed by atoms with Crippen molar-refractivity contribution in [3.8, 4) is 0 Å². The molecule has 0 spiro atoms.